The predicted octanol–water partition coefficient (Wildman–Crippen LogP) is 2.20. The highest BCUT2D eigenvalue weighted by molar-refractivity contribution is 5.80. The van der Waals surface area contributed by atoms with Crippen molar-refractivity contribution in [1.82, 2.24) is 10.2 Å². The summed E-state index contributed by atoms with van der Waals surface area (Å²) in [5.74, 6) is -0.164. The number of nitrogens with zero attached hydrogens (tertiary/aromatic N) is 1. The molecular weight excluding hydrogens is 268 g/mol. The lowest BCUT2D eigenvalue weighted by atomic mass is 10.0. The van der Waals surface area contributed by atoms with E-state index in [2.05, 4.69) is 19.2 Å². The Morgan fingerprint density at radius 3 is 2.00 bits per heavy atom. The molecule has 5 nitrogen and oxygen atoms in total. The molecule has 0 bridgehead atoms. The molecule has 0 saturated carbocycles. The zero-order valence-corrected chi connectivity index (χ0v) is 14.3. The second-order valence-corrected chi connectivity index (χ2v) is 5.71. The Morgan fingerprint density at radius 1 is 1.10 bits per heavy atom. The van der Waals surface area contributed by atoms with Gasteiger partial charge in [0.2, 0.25) is 5.91 Å². The van der Waals surface area contributed by atoms with Gasteiger partial charge in [0.05, 0.1) is 13.7 Å². The third-order valence-electron chi connectivity index (χ3n) is 3.51. The van der Waals surface area contributed by atoms with Crippen LogP contribution < -0.4 is 5.32 Å². The van der Waals surface area contributed by atoms with Crippen LogP contribution in [0.15, 0.2) is 0 Å². The van der Waals surface area contributed by atoms with Gasteiger partial charge in [-0.15, -0.1) is 0 Å². The predicted molar refractivity (Wildman–Crippen MR) is 85.0 cm³/mol. The first-order valence-corrected chi connectivity index (χ1v) is 8.06. The van der Waals surface area contributed by atoms with Crippen LogP contribution in [0.4, 0.5) is 0 Å². The Labute approximate surface area is 129 Å². The van der Waals surface area contributed by atoms with Crippen molar-refractivity contribution in [2.45, 2.75) is 59.4 Å². The molecule has 0 aromatic rings. The third kappa shape index (κ3) is 8.05. The number of hydrogen-bond donors (Lipinski definition) is 1. The van der Waals surface area contributed by atoms with Crippen molar-refractivity contribution in [1.29, 1.82) is 0 Å². The summed E-state index contributed by atoms with van der Waals surface area (Å²) in [5, 5.41) is 3.04. The molecular formula is C16H32N2O3. The Morgan fingerprint density at radius 2 is 1.62 bits per heavy atom. The highest BCUT2D eigenvalue weighted by Crippen LogP contribution is 2.04. The molecule has 0 radical (unpaired) electrons. The van der Waals surface area contributed by atoms with Crippen molar-refractivity contribution in [3.05, 3.63) is 0 Å². The number of ether oxygens (including phenoxy) is 1. The number of unbranched alkanes of at least 4 members (excludes halogenated alkanes) is 2. The molecule has 1 unspecified atom stereocenters. The molecule has 0 aliphatic heterocycles. The number of carbonyl (C=O) groups excluding carboxylic acids is 2. The average molecular weight is 300 g/mol. The van der Waals surface area contributed by atoms with Crippen LogP contribution >= 0.6 is 0 Å². The van der Waals surface area contributed by atoms with E-state index in [1.807, 2.05) is 18.7 Å². The number of methoxy groups -OCH3 is 1. The summed E-state index contributed by atoms with van der Waals surface area (Å²) >= 11 is 0. The van der Waals surface area contributed by atoms with Crippen LogP contribution in [0, 0.1) is 5.92 Å². The lowest BCUT2D eigenvalue weighted by Crippen LogP contribution is -2.47. The number of carbonyl (C=O) groups is 2. The molecule has 0 aromatic heterocycles. The van der Waals surface area contributed by atoms with E-state index in [1.165, 1.54) is 7.11 Å². The Balaban J connectivity index is 4.47. The van der Waals surface area contributed by atoms with E-state index >= 15 is 0 Å². The Hall–Kier alpha value is -1.10. The highest BCUT2D eigenvalue weighted by atomic mass is 16.5. The van der Waals surface area contributed by atoms with Crippen LogP contribution in [0.2, 0.25) is 0 Å². The lowest BCUT2D eigenvalue weighted by molar-refractivity contribution is -0.144. The zero-order chi connectivity index (χ0) is 16.3. The fourth-order valence-corrected chi connectivity index (χ4v) is 2.09. The number of hydrogen-bond acceptors (Lipinski definition) is 4. The van der Waals surface area contributed by atoms with Crippen molar-refractivity contribution in [3.8, 4) is 0 Å². The fraction of sp³-hybridized carbons (Fsp3) is 0.875. The highest BCUT2D eigenvalue weighted by Gasteiger charge is 2.24. The summed E-state index contributed by atoms with van der Waals surface area (Å²) in [5.41, 5.74) is 0. The minimum atomic E-state index is -0.432. The molecule has 0 spiro atoms. The molecule has 0 aromatic carbocycles. The van der Waals surface area contributed by atoms with Crippen molar-refractivity contribution in [3.63, 3.8) is 0 Å². The smallest absolute Gasteiger partial charge is 0.323 e. The molecule has 0 rings (SSSR count). The van der Waals surface area contributed by atoms with E-state index in [4.69, 9.17) is 4.74 Å². The minimum absolute atomic E-state index is 0.0615. The van der Waals surface area contributed by atoms with Gasteiger partial charge in [-0.25, -0.2) is 0 Å². The first-order chi connectivity index (χ1) is 9.97. The molecule has 124 valence electrons. The first-order valence-electron chi connectivity index (χ1n) is 8.06. The van der Waals surface area contributed by atoms with Gasteiger partial charge in [0, 0.05) is 13.1 Å². The van der Waals surface area contributed by atoms with Gasteiger partial charge in [0.25, 0.3) is 0 Å². The van der Waals surface area contributed by atoms with Crippen LogP contribution in [-0.4, -0.2) is 49.6 Å². The van der Waals surface area contributed by atoms with Crippen molar-refractivity contribution in [2.24, 2.45) is 5.92 Å². The van der Waals surface area contributed by atoms with Crippen LogP contribution in [0.5, 0.6) is 0 Å². The quantitative estimate of drug-likeness (QED) is 0.594. The SMILES string of the molecule is CCCCN(CCCC)C(=O)CNC(C(=O)OC)C(C)C. The molecule has 0 aliphatic carbocycles. The molecule has 1 amide bonds. The largest absolute Gasteiger partial charge is 0.468 e. The molecule has 0 aliphatic rings. The summed E-state index contributed by atoms with van der Waals surface area (Å²) in [4.78, 5) is 25.9. The maximum atomic E-state index is 12.3. The minimum Gasteiger partial charge on any atom is -0.468 e. The molecule has 1 atom stereocenters. The number of esters is 1. The summed E-state index contributed by atoms with van der Waals surface area (Å²) in [6, 6.07) is -0.432. The number of nitrogens with one attached hydrogen (secondary N) is 1. The number of amides is 1. The monoisotopic (exact) mass is 300 g/mol. The average Bonchev–Trinajstić information content (AvgIpc) is 2.46. The maximum Gasteiger partial charge on any atom is 0.323 e. The Kier molecular flexibility index (Phi) is 10.9. The summed E-state index contributed by atoms with van der Waals surface area (Å²) < 4.78 is 4.77. The van der Waals surface area contributed by atoms with Crippen molar-refractivity contribution < 1.29 is 14.3 Å². The fourth-order valence-electron chi connectivity index (χ4n) is 2.09. The van der Waals surface area contributed by atoms with Gasteiger partial charge in [-0.05, 0) is 18.8 Å². The third-order valence-corrected chi connectivity index (χ3v) is 3.51. The molecule has 5 heteroatoms. The molecule has 0 heterocycles. The van der Waals surface area contributed by atoms with E-state index in [1.54, 1.807) is 0 Å². The van der Waals surface area contributed by atoms with Crippen molar-refractivity contribution in [2.75, 3.05) is 26.7 Å². The van der Waals surface area contributed by atoms with Gasteiger partial charge in [0.15, 0.2) is 0 Å². The normalized spacial score (nSPS) is 12.3. The molecule has 1 N–H and O–H groups in total. The molecule has 0 saturated heterocycles. The van der Waals surface area contributed by atoms with Crippen LogP contribution in [0.1, 0.15) is 53.4 Å². The van der Waals surface area contributed by atoms with E-state index in [-0.39, 0.29) is 24.3 Å². The van der Waals surface area contributed by atoms with Gasteiger partial charge in [-0.2, -0.15) is 0 Å². The standard InChI is InChI=1S/C16H32N2O3/c1-6-8-10-18(11-9-7-2)14(19)12-17-15(13(3)4)16(20)21-5/h13,15,17H,6-12H2,1-5H3. The van der Waals surface area contributed by atoms with Crippen LogP contribution in [0.3, 0.4) is 0 Å². The van der Waals surface area contributed by atoms with E-state index in [0.29, 0.717) is 0 Å². The first kappa shape index (κ1) is 19.9. The second kappa shape index (κ2) is 11.5. The number of rotatable bonds is 11. The lowest BCUT2D eigenvalue weighted by Gasteiger charge is -2.25. The summed E-state index contributed by atoms with van der Waals surface area (Å²) in [6.45, 7) is 9.88. The van der Waals surface area contributed by atoms with E-state index < -0.39 is 6.04 Å². The summed E-state index contributed by atoms with van der Waals surface area (Å²) in [7, 11) is 1.37. The topological polar surface area (TPSA) is 58.6 Å². The summed E-state index contributed by atoms with van der Waals surface area (Å²) in [6.07, 6.45) is 4.17. The second-order valence-electron chi connectivity index (χ2n) is 5.71. The van der Waals surface area contributed by atoms with Gasteiger partial charge < -0.3 is 9.64 Å². The van der Waals surface area contributed by atoms with E-state index in [9.17, 15) is 9.59 Å². The molecule has 21 heavy (non-hydrogen) atoms. The molecule has 0 fully saturated rings. The maximum absolute atomic E-state index is 12.3. The zero-order valence-electron chi connectivity index (χ0n) is 14.3. The van der Waals surface area contributed by atoms with E-state index in [0.717, 1.165) is 38.8 Å². The van der Waals surface area contributed by atoms with Gasteiger partial charge in [0.1, 0.15) is 6.04 Å². The van der Waals surface area contributed by atoms with Gasteiger partial charge in [-0.3, -0.25) is 14.9 Å². The Bertz CT molecular complexity index is 298. The van der Waals surface area contributed by atoms with Crippen LogP contribution in [0.25, 0.3) is 0 Å². The van der Waals surface area contributed by atoms with Gasteiger partial charge >= 0.3 is 5.97 Å². The van der Waals surface area contributed by atoms with Crippen molar-refractivity contribution >= 4 is 11.9 Å². The van der Waals surface area contributed by atoms with Crippen LogP contribution in [-0.2, 0) is 14.3 Å². The van der Waals surface area contributed by atoms with Gasteiger partial charge in [-0.1, -0.05) is 40.5 Å².